The molecule has 0 amide bonds. The molecule has 33 heavy (non-hydrogen) atoms. The van der Waals surface area contributed by atoms with Gasteiger partial charge in [-0.1, -0.05) is 31.5 Å². The van der Waals surface area contributed by atoms with Gasteiger partial charge in [-0.25, -0.2) is 17.9 Å². The zero-order valence-electron chi connectivity index (χ0n) is 18.8. The first-order valence-electron chi connectivity index (χ1n) is 10.9. The molecular formula is C24H26N4O3S2. The van der Waals surface area contributed by atoms with Crippen LogP contribution < -0.4 is 4.31 Å². The Labute approximate surface area is 197 Å². The fourth-order valence-electron chi connectivity index (χ4n) is 3.59. The Balaban J connectivity index is 1.78. The first-order chi connectivity index (χ1) is 15.8. The Morgan fingerprint density at radius 3 is 2.70 bits per heavy atom. The van der Waals surface area contributed by atoms with Gasteiger partial charge in [0.05, 0.1) is 33.3 Å². The van der Waals surface area contributed by atoms with E-state index in [-0.39, 0.29) is 5.78 Å². The molecule has 0 fully saturated rings. The van der Waals surface area contributed by atoms with Crippen molar-refractivity contribution in [2.45, 2.75) is 38.9 Å². The van der Waals surface area contributed by atoms with Gasteiger partial charge in [0.2, 0.25) is 15.8 Å². The van der Waals surface area contributed by atoms with Gasteiger partial charge >= 0.3 is 0 Å². The SMILES string of the molecule is CCCCN(c1cccc(-c2ccnc3c(C(=O)c4cccs4)cnn23)c1)S(=O)(=O)C(C)C. The molecule has 0 radical (unpaired) electrons. The number of aromatic nitrogens is 3. The zero-order valence-corrected chi connectivity index (χ0v) is 20.4. The molecule has 0 unspecified atom stereocenters. The summed E-state index contributed by atoms with van der Waals surface area (Å²) in [6.45, 7) is 5.85. The first-order valence-corrected chi connectivity index (χ1v) is 13.3. The standard InChI is InChI=1S/C24H26N4O3S2/c1-4-5-13-27(33(30,31)17(2)3)19-9-6-8-18(15-19)21-11-12-25-24-20(16-26-28(21)24)23(29)22-10-7-14-32-22/h6-12,14-17H,4-5,13H2,1-3H3. The van der Waals surface area contributed by atoms with Gasteiger partial charge < -0.3 is 0 Å². The van der Waals surface area contributed by atoms with Crippen LogP contribution in [-0.2, 0) is 10.0 Å². The number of sulfonamides is 1. The Morgan fingerprint density at radius 1 is 1.18 bits per heavy atom. The van der Waals surface area contributed by atoms with Crippen molar-refractivity contribution in [3.8, 4) is 11.3 Å². The lowest BCUT2D eigenvalue weighted by Crippen LogP contribution is -2.37. The van der Waals surface area contributed by atoms with Gasteiger partial charge in [0.15, 0.2) is 5.65 Å². The summed E-state index contributed by atoms with van der Waals surface area (Å²) in [7, 11) is -3.48. The topological polar surface area (TPSA) is 84.6 Å². The number of nitrogens with zero attached hydrogens (tertiary/aromatic N) is 4. The van der Waals surface area contributed by atoms with E-state index in [1.807, 2.05) is 48.7 Å². The monoisotopic (exact) mass is 482 g/mol. The molecule has 4 rings (SSSR count). The van der Waals surface area contributed by atoms with Crippen LogP contribution in [-0.4, -0.2) is 40.6 Å². The number of hydrogen-bond donors (Lipinski definition) is 0. The van der Waals surface area contributed by atoms with E-state index >= 15 is 0 Å². The van der Waals surface area contributed by atoms with Crippen molar-refractivity contribution in [2.24, 2.45) is 0 Å². The summed E-state index contributed by atoms with van der Waals surface area (Å²) in [6.07, 6.45) is 4.84. The number of anilines is 1. The van der Waals surface area contributed by atoms with Crippen LogP contribution in [0.1, 0.15) is 48.8 Å². The molecule has 9 heteroatoms. The van der Waals surface area contributed by atoms with Gasteiger partial charge in [-0.15, -0.1) is 11.3 Å². The van der Waals surface area contributed by atoms with Crippen LogP contribution in [0, 0.1) is 0 Å². The Kier molecular flexibility index (Phi) is 6.62. The maximum absolute atomic E-state index is 13.0. The van der Waals surface area contributed by atoms with Crippen LogP contribution in [0.25, 0.3) is 16.9 Å². The Hall–Kier alpha value is -3.04. The normalized spacial score (nSPS) is 11.9. The predicted molar refractivity (Wildman–Crippen MR) is 132 cm³/mol. The molecule has 3 aromatic heterocycles. The summed E-state index contributed by atoms with van der Waals surface area (Å²) in [5, 5.41) is 5.77. The maximum Gasteiger partial charge on any atom is 0.237 e. The third-order valence-corrected chi connectivity index (χ3v) is 8.51. The van der Waals surface area contributed by atoms with E-state index in [1.54, 1.807) is 30.6 Å². The van der Waals surface area contributed by atoms with Crippen LogP contribution in [0.2, 0.25) is 0 Å². The lowest BCUT2D eigenvalue weighted by molar-refractivity contribution is 0.104. The summed E-state index contributed by atoms with van der Waals surface area (Å²) in [4.78, 5) is 17.9. The molecule has 0 bridgehead atoms. The second-order valence-corrected chi connectivity index (χ2v) is 11.4. The lowest BCUT2D eigenvalue weighted by atomic mass is 10.1. The van der Waals surface area contributed by atoms with Gasteiger partial charge in [-0.3, -0.25) is 9.10 Å². The average molecular weight is 483 g/mol. The number of thiophene rings is 1. The molecule has 0 aliphatic heterocycles. The van der Waals surface area contributed by atoms with Crippen molar-refractivity contribution in [1.82, 2.24) is 14.6 Å². The number of rotatable bonds is 9. The van der Waals surface area contributed by atoms with E-state index < -0.39 is 15.3 Å². The van der Waals surface area contributed by atoms with Crippen LogP contribution in [0.4, 0.5) is 5.69 Å². The number of fused-ring (bicyclic) bond motifs is 1. The number of benzene rings is 1. The molecule has 1 aromatic carbocycles. The minimum absolute atomic E-state index is 0.118. The summed E-state index contributed by atoms with van der Waals surface area (Å²) in [5.74, 6) is -0.118. The third-order valence-electron chi connectivity index (χ3n) is 5.44. The molecule has 0 aliphatic carbocycles. The van der Waals surface area contributed by atoms with Crippen LogP contribution in [0.5, 0.6) is 0 Å². The number of carbonyl (C=O) groups excluding carboxylic acids is 1. The summed E-state index contributed by atoms with van der Waals surface area (Å²) in [6, 6.07) is 12.8. The molecule has 0 saturated carbocycles. The maximum atomic E-state index is 13.0. The van der Waals surface area contributed by atoms with E-state index in [2.05, 4.69) is 10.1 Å². The number of hydrogen-bond acceptors (Lipinski definition) is 6. The minimum Gasteiger partial charge on any atom is -0.287 e. The first kappa shape index (κ1) is 23.1. The van der Waals surface area contributed by atoms with Crippen LogP contribution >= 0.6 is 11.3 Å². The molecule has 172 valence electrons. The van der Waals surface area contributed by atoms with Crippen molar-refractivity contribution in [2.75, 3.05) is 10.8 Å². The quantitative estimate of drug-likeness (QED) is 0.312. The Morgan fingerprint density at radius 2 is 2.00 bits per heavy atom. The van der Waals surface area contributed by atoms with E-state index in [1.165, 1.54) is 21.8 Å². The number of ketones is 1. The molecule has 7 nitrogen and oxygen atoms in total. The summed E-state index contributed by atoms with van der Waals surface area (Å²) >= 11 is 1.38. The van der Waals surface area contributed by atoms with E-state index in [0.29, 0.717) is 28.3 Å². The molecule has 0 N–H and O–H groups in total. The second-order valence-electron chi connectivity index (χ2n) is 8.00. The van der Waals surface area contributed by atoms with Gasteiger partial charge in [0, 0.05) is 18.3 Å². The van der Waals surface area contributed by atoms with Crippen LogP contribution in [0.3, 0.4) is 0 Å². The zero-order chi connectivity index (χ0) is 23.6. The largest absolute Gasteiger partial charge is 0.287 e. The van der Waals surface area contributed by atoms with Gasteiger partial charge in [-0.05, 0) is 49.9 Å². The van der Waals surface area contributed by atoms with Crippen molar-refractivity contribution in [1.29, 1.82) is 0 Å². The summed E-state index contributed by atoms with van der Waals surface area (Å²) < 4.78 is 29.2. The molecular weight excluding hydrogens is 456 g/mol. The van der Waals surface area contributed by atoms with E-state index in [4.69, 9.17) is 0 Å². The van der Waals surface area contributed by atoms with Gasteiger partial charge in [-0.2, -0.15) is 5.10 Å². The summed E-state index contributed by atoms with van der Waals surface area (Å²) in [5.41, 5.74) is 3.03. The van der Waals surface area contributed by atoms with Crippen molar-refractivity contribution < 1.29 is 13.2 Å². The molecule has 0 atom stereocenters. The second kappa shape index (κ2) is 9.44. The van der Waals surface area contributed by atoms with Crippen molar-refractivity contribution in [3.05, 3.63) is 70.7 Å². The highest BCUT2D eigenvalue weighted by molar-refractivity contribution is 7.93. The highest BCUT2D eigenvalue weighted by Gasteiger charge is 2.26. The number of carbonyl (C=O) groups is 1. The third kappa shape index (κ3) is 4.43. The van der Waals surface area contributed by atoms with Gasteiger partial charge in [0.1, 0.15) is 0 Å². The van der Waals surface area contributed by atoms with Crippen LogP contribution in [0.15, 0.2) is 60.2 Å². The van der Waals surface area contributed by atoms with E-state index in [9.17, 15) is 13.2 Å². The Bertz CT molecular complexity index is 1380. The average Bonchev–Trinajstić information content (AvgIpc) is 3.49. The van der Waals surface area contributed by atoms with Crippen molar-refractivity contribution in [3.63, 3.8) is 0 Å². The highest BCUT2D eigenvalue weighted by Crippen LogP contribution is 2.29. The van der Waals surface area contributed by atoms with E-state index in [0.717, 1.165) is 24.1 Å². The molecule has 4 aromatic rings. The molecule has 0 aliphatic rings. The predicted octanol–water partition coefficient (Wildman–Crippen LogP) is 5.03. The minimum atomic E-state index is -3.48. The molecule has 3 heterocycles. The smallest absolute Gasteiger partial charge is 0.237 e. The van der Waals surface area contributed by atoms with Gasteiger partial charge in [0.25, 0.3) is 0 Å². The fraction of sp³-hybridized carbons (Fsp3) is 0.292. The van der Waals surface area contributed by atoms with Crippen molar-refractivity contribution >= 4 is 38.5 Å². The molecule has 0 spiro atoms. The highest BCUT2D eigenvalue weighted by atomic mass is 32.2. The fourth-order valence-corrected chi connectivity index (χ4v) is 5.57. The number of unbranched alkanes of at least 4 members (excludes halogenated alkanes) is 1. The molecule has 0 saturated heterocycles. The lowest BCUT2D eigenvalue weighted by Gasteiger charge is -2.27.